The molecule has 0 aliphatic heterocycles. The zero-order chi connectivity index (χ0) is 8.10. The normalized spacial score (nSPS) is 9.27. The lowest BCUT2D eigenvalue weighted by Crippen LogP contribution is -2.00. The second kappa shape index (κ2) is 3.81. The molecule has 0 aliphatic carbocycles. The van der Waals surface area contributed by atoms with Crippen LogP contribution in [0.25, 0.3) is 0 Å². The van der Waals surface area contributed by atoms with E-state index in [1.165, 1.54) is 0 Å². The highest BCUT2D eigenvalue weighted by molar-refractivity contribution is 5.50. The van der Waals surface area contributed by atoms with E-state index in [4.69, 9.17) is 4.74 Å². The van der Waals surface area contributed by atoms with E-state index in [9.17, 15) is 0 Å². The summed E-state index contributed by atoms with van der Waals surface area (Å²) in [5, 5.41) is 3.08. The molecule has 11 heavy (non-hydrogen) atoms. The fourth-order valence-corrected chi connectivity index (χ4v) is 0.810. The molecule has 1 aromatic heterocycles. The standard InChI is InChI=1S/C8H11N2O/c1-3-9-7-5-4-6-10-8(7)11-2/h4,6,9H,3H2,1-2H3. The van der Waals surface area contributed by atoms with E-state index in [0.29, 0.717) is 5.88 Å². The van der Waals surface area contributed by atoms with Crippen LogP contribution in [0.15, 0.2) is 12.3 Å². The van der Waals surface area contributed by atoms with Crippen molar-refractivity contribution < 1.29 is 4.74 Å². The lowest BCUT2D eigenvalue weighted by molar-refractivity contribution is 0.399. The third-order valence-corrected chi connectivity index (χ3v) is 1.25. The van der Waals surface area contributed by atoms with E-state index >= 15 is 0 Å². The van der Waals surface area contributed by atoms with E-state index in [1.807, 2.05) is 6.92 Å². The minimum atomic E-state index is 0.592. The SMILES string of the molecule is CCNc1[c]ccnc1OC. The van der Waals surface area contributed by atoms with Gasteiger partial charge < -0.3 is 10.1 Å². The Bertz CT molecular complexity index is 225. The average molecular weight is 151 g/mol. The van der Waals surface area contributed by atoms with Crippen molar-refractivity contribution in [1.82, 2.24) is 4.98 Å². The summed E-state index contributed by atoms with van der Waals surface area (Å²) in [6, 6.07) is 4.74. The number of nitrogens with zero attached hydrogens (tertiary/aromatic N) is 1. The molecule has 0 saturated heterocycles. The molecule has 0 bridgehead atoms. The van der Waals surface area contributed by atoms with Gasteiger partial charge in [0, 0.05) is 18.8 Å². The van der Waals surface area contributed by atoms with E-state index in [2.05, 4.69) is 16.4 Å². The summed E-state index contributed by atoms with van der Waals surface area (Å²) in [4.78, 5) is 4.00. The molecular formula is C8H11N2O. The van der Waals surface area contributed by atoms with Gasteiger partial charge in [-0.3, -0.25) is 0 Å². The van der Waals surface area contributed by atoms with Crippen LogP contribution in [0, 0.1) is 6.07 Å². The van der Waals surface area contributed by atoms with Crippen molar-refractivity contribution in [1.29, 1.82) is 0 Å². The van der Waals surface area contributed by atoms with Gasteiger partial charge in [-0.15, -0.1) is 0 Å². The number of nitrogens with one attached hydrogen (secondary N) is 1. The maximum Gasteiger partial charge on any atom is 0.237 e. The zero-order valence-electron chi connectivity index (χ0n) is 6.72. The molecule has 0 saturated carbocycles. The van der Waals surface area contributed by atoms with E-state index < -0.39 is 0 Å². The monoisotopic (exact) mass is 151 g/mol. The second-order valence-electron chi connectivity index (χ2n) is 2.00. The molecule has 3 heteroatoms. The first kappa shape index (κ1) is 7.85. The number of ether oxygens (including phenoxy) is 1. The van der Waals surface area contributed by atoms with E-state index in [0.717, 1.165) is 12.2 Å². The molecule has 0 atom stereocenters. The largest absolute Gasteiger partial charge is 0.480 e. The summed E-state index contributed by atoms with van der Waals surface area (Å²) < 4.78 is 4.99. The molecule has 1 aromatic rings. The summed E-state index contributed by atoms with van der Waals surface area (Å²) in [5.74, 6) is 0.592. The fourth-order valence-electron chi connectivity index (χ4n) is 0.810. The Morgan fingerprint density at radius 2 is 2.55 bits per heavy atom. The molecule has 0 amide bonds. The minimum Gasteiger partial charge on any atom is -0.480 e. The first-order valence-corrected chi connectivity index (χ1v) is 3.53. The molecular weight excluding hydrogens is 140 g/mol. The Morgan fingerprint density at radius 3 is 3.18 bits per heavy atom. The molecule has 0 fully saturated rings. The van der Waals surface area contributed by atoms with Gasteiger partial charge in [-0.2, -0.15) is 0 Å². The third kappa shape index (κ3) is 1.83. The topological polar surface area (TPSA) is 34.2 Å². The van der Waals surface area contributed by atoms with Crippen molar-refractivity contribution in [2.24, 2.45) is 0 Å². The van der Waals surface area contributed by atoms with Crippen LogP contribution < -0.4 is 10.1 Å². The molecule has 1 radical (unpaired) electrons. The van der Waals surface area contributed by atoms with Gasteiger partial charge in [0.05, 0.1) is 7.11 Å². The van der Waals surface area contributed by atoms with Crippen LogP contribution >= 0.6 is 0 Å². The van der Waals surface area contributed by atoms with Crippen LogP contribution in [0.3, 0.4) is 0 Å². The number of pyridine rings is 1. The summed E-state index contributed by atoms with van der Waals surface area (Å²) in [7, 11) is 1.59. The maximum absolute atomic E-state index is 4.99. The molecule has 3 nitrogen and oxygen atoms in total. The molecule has 0 aromatic carbocycles. The van der Waals surface area contributed by atoms with Gasteiger partial charge in [-0.1, -0.05) is 0 Å². The van der Waals surface area contributed by atoms with Crippen LogP contribution in [0.5, 0.6) is 5.88 Å². The number of aromatic nitrogens is 1. The smallest absolute Gasteiger partial charge is 0.237 e. The van der Waals surface area contributed by atoms with E-state index in [1.54, 1.807) is 19.4 Å². The Hall–Kier alpha value is -1.25. The molecule has 1 N–H and O–H groups in total. The fraction of sp³-hybridized carbons (Fsp3) is 0.375. The molecule has 1 heterocycles. The predicted molar refractivity (Wildman–Crippen MR) is 43.8 cm³/mol. The number of anilines is 1. The summed E-state index contributed by atoms with van der Waals surface area (Å²) in [5.41, 5.74) is 0.817. The Labute approximate surface area is 66.4 Å². The first-order chi connectivity index (χ1) is 5.38. The van der Waals surface area contributed by atoms with Crippen LogP contribution in [0.1, 0.15) is 6.92 Å². The highest BCUT2D eigenvalue weighted by Crippen LogP contribution is 2.18. The number of rotatable bonds is 3. The average Bonchev–Trinajstić information content (AvgIpc) is 2.06. The first-order valence-electron chi connectivity index (χ1n) is 3.53. The van der Waals surface area contributed by atoms with Gasteiger partial charge in [0.1, 0.15) is 5.69 Å². The van der Waals surface area contributed by atoms with Gasteiger partial charge in [0.25, 0.3) is 0 Å². The Balaban J connectivity index is 2.83. The van der Waals surface area contributed by atoms with Gasteiger partial charge >= 0.3 is 0 Å². The van der Waals surface area contributed by atoms with Crippen molar-refractivity contribution in [3.05, 3.63) is 18.3 Å². The summed E-state index contributed by atoms with van der Waals surface area (Å²) in [6.07, 6.45) is 1.65. The highest BCUT2D eigenvalue weighted by atomic mass is 16.5. The predicted octanol–water partition coefficient (Wildman–Crippen LogP) is 1.32. The number of hydrogen-bond acceptors (Lipinski definition) is 3. The summed E-state index contributed by atoms with van der Waals surface area (Å²) >= 11 is 0. The highest BCUT2D eigenvalue weighted by Gasteiger charge is 1.99. The van der Waals surface area contributed by atoms with Gasteiger partial charge in [0.2, 0.25) is 5.88 Å². The molecule has 1 rings (SSSR count). The van der Waals surface area contributed by atoms with Gasteiger partial charge in [0.15, 0.2) is 0 Å². The zero-order valence-corrected chi connectivity index (χ0v) is 6.72. The minimum absolute atomic E-state index is 0.592. The summed E-state index contributed by atoms with van der Waals surface area (Å²) in [6.45, 7) is 2.86. The molecule has 0 aliphatic rings. The quantitative estimate of drug-likeness (QED) is 0.707. The lowest BCUT2D eigenvalue weighted by Gasteiger charge is -2.05. The van der Waals surface area contributed by atoms with Crippen molar-refractivity contribution in [2.45, 2.75) is 6.92 Å². The van der Waals surface area contributed by atoms with Crippen LogP contribution in [-0.2, 0) is 0 Å². The second-order valence-corrected chi connectivity index (χ2v) is 2.00. The lowest BCUT2D eigenvalue weighted by atomic mass is 10.4. The third-order valence-electron chi connectivity index (χ3n) is 1.25. The Kier molecular flexibility index (Phi) is 2.72. The maximum atomic E-state index is 4.99. The number of methoxy groups -OCH3 is 1. The number of hydrogen-bond donors (Lipinski definition) is 1. The van der Waals surface area contributed by atoms with Gasteiger partial charge in [-0.05, 0) is 13.0 Å². The van der Waals surface area contributed by atoms with Crippen molar-refractivity contribution in [2.75, 3.05) is 19.0 Å². The Morgan fingerprint density at radius 1 is 1.73 bits per heavy atom. The van der Waals surface area contributed by atoms with Crippen molar-refractivity contribution in [3.63, 3.8) is 0 Å². The van der Waals surface area contributed by atoms with Crippen LogP contribution in [0.2, 0.25) is 0 Å². The van der Waals surface area contributed by atoms with E-state index in [-0.39, 0.29) is 0 Å². The van der Waals surface area contributed by atoms with Gasteiger partial charge in [-0.25, -0.2) is 4.98 Å². The van der Waals surface area contributed by atoms with Crippen molar-refractivity contribution in [3.8, 4) is 5.88 Å². The molecule has 0 unspecified atom stereocenters. The van der Waals surface area contributed by atoms with Crippen LogP contribution in [-0.4, -0.2) is 18.6 Å². The van der Waals surface area contributed by atoms with Crippen LogP contribution in [0.4, 0.5) is 5.69 Å². The molecule has 0 spiro atoms. The molecule has 59 valence electrons. The van der Waals surface area contributed by atoms with Crippen molar-refractivity contribution >= 4 is 5.69 Å².